The first-order valence-corrected chi connectivity index (χ1v) is 17.0. The highest BCUT2D eigenvalue weighted by molar-refractivity contribution is 7.59. The van der Waals surface area contributed by atoms with Gasteiger partial charge >= 0.3 is 0 Å². The van der Waals surface area contributed by atoms with E-state index in [1.54, 1.807) is 42.5 Å². The van der Waals surface area contributed by atoms with Gasteiger partial charge in [0.05, 0.1) is 49.6 Å². The number of hydrogen-bond acceptors (Lipinski definition) is 9. The summed E-state index contributed by atoms with van der Waals surface area (Å²) in [6.45, 7) is 10.9. The predicted molar refractivity (Wildman–Crippen MR) is 199 cm³/mol. The maximum absolute atomic E-state index is 13.8. The fourth-order valence-electron chi connectivity index (χ4n) is 7.80. The third kappa shape index (κ3) is 5.91. The molecule has 262 valence electrons. The van der Waals surface area contributed by atoms with Gasteiger partial charge in [-0.15, -0.1) is 0 Å². The SMILES string of the molecule is C[C@H]1CN(C2COC2)CCN1c1ccc(Nc2cc(-c3cncc(-n4ccn5c6c(cc5c4=O)CC(C)(C)C6)c3CO)cn(C)c2=O)nc1.S. The van der Waals surface area contributed by atoms with Crippen molar-refractivity contribution in [2.24, 2.45) is 12.5 Å². The van der Waals surface area contributed by atoms with Gasteiger partial charge in [0, 0.05) is 79.9 Å². The molecule has 0 saturated carbocycles. The summed E-state index contributed by atoms with van der Waals surface area (Å²) in [6, 6.07) is 8.55. The van der Waals surface area contributed by atoms with Crippen molar-refractivity contribution < 1.29 is 9.84 Å². The molecule has 0 radical (unpaired) electrons. The Balaban J connectivity index is 0.00000392. The Kier molecular flexibility index (Phi) is 8.87. The van der Waals surface area contributed by atoms with Gasteiger partial charge in [0.1, 0.15) is 17.0 Å². The van der Waals surface area contributed by atoms with Crippen LogP contribution in [-0.4, -0.2) is 78.4 Å². The Bertz CT molecular complexity index is 2190. The zero-order valence-corrected chi connectivity index (χ0v) is 29.9. The van der Waals surface area contributed by atoms with E-state index in [2.05, 4.69) is 45.9 Å². The average molecular weight is 697 g/mol. The number of aliphatic hydroxyl groups is 1. The van der Waals surface area contributed by atoms with Crippen LogP contribution in [0.2, 0.25) is 0 Å². The third-order valence-corrected chi connectivity index (χ3v) is 10.4. The number of hydrogen-bond donors (Lipinski definition) is 2. The fraction of sp³-hybridized carbons (Fsp3) is 0.405. The van der Waals surface area contributed by atoms with E-state index < -0.39 is 0 Å². The lowest BCUT2D eigenvalue weighted by Gasteiger charge is -2.46. The lowest BCUT2D eigenvalue weighted by atomic mass is 9.90. The van der Waals surface area contributed by atoms with Crippen LogP contribution in [0.1, 0.15) is 37.6 Å². The standard InChI is InChI=1S/C37H42N8O4.H2S/c1-23-18-42(27-21-49-22-27)7-8-43(23)26-5-6-34(39-15-26)40-30-11-25(19-41(4)35(30)47)28-16-38-17-33(29(28)20-46)45-10-9-44-31(36(45)48)12-24-13-37(2,3)14-32(24)44;/h5-6,9-12,15-17,19,23,27,46H,7-8,13-14,18,20-22H2,1-4H3,(H,39,40);1H2/t23-;/m0./s1. The fourth-order valence-corrected chi connectivity index (χ4v) is 7.80. The van der Waals surface area contributed by atoms with E-state index in [4.69, 9.17) is 4.74 Å². The first-order valence-electron chi connectivity index (χ1n) is 17.0. The molecule has 3 aliphatic rings. The van der Waals surface area contributed by atoms with Gasteiger partial charge in [-0.2, -0.15) is 13.5 Å². The number of ether oxygens (including phenoxy) is 1. The first kappa shape index (κ1) is 34.0. The molecule has 0 unspecified atom stereocenters. The van der Waals surface area contributed by atoms with Gasteiger partial charge in [0.15, 0.2) is 0 Å². The van der Waals surface area contributed by atoms with E-state index in [0.29, 0.717) is 51.5 Å². The third-order valence-electron chi connectivity index (χ3n) is 10.4. The highest BCUT2D eigenvalue weighted by atomic mass is 32.1. The minimum atomic E-state index is -0.327. The van der Waals surface area contributed by atoms with Crippen molar-refractivity contribution in [1.29, 1.82) is 0 Å². The quantitative estimate of drug-likeness (QED) is 0.263. The van der Waals surface area contributed by atoms with Gasteiger partial charge in [-0.25, -0.2) is 4.98 Å². The van der Waals surface area contributed by atoms with Gasteiger partial charge in [0.2, 0.25) is 0 Å². The number of nitrogens with one attached hydrogen (secondary N) is 1. The molecular formula is C37H44N8O4S. The van der Waals surface area contributed by atoms with Gasteiger partial charge in [-0.05, 0) is 55.0 Å². The molecule has 0 bridgehead atoms. The first-order chi connectivity index (χ1) is 23.6. The van der Waals surface area contributed by atoms with Crippen LogP contribution in [-0.2, 0) is 31.2 Å². The molecule has 5 aromatic rings. The van der Waals surface area contributed by atoms with E-state index in [0.717, 1.165) is 51.4 Å². The molecule has 2 saturated heterocycles. The number of aliphatic hydroxyl groups excluding tert-OH is 1. The summed E-state index contributed by atoms with van der Waals surface area (Å²) in [7, 11) is 1.69. The maximum Gasteiger partial charge on any atom is 0.279 e. The second-order valence-corrected chi connectivity index (χ2v) is 14.5. The number of aromatic nitrogens is 5. The molecular weight excluding hydrogens is 653 g/mol. The summed E-state index contributed by atoms with van der Waals surface area (Å²) in [5.74, 6) is 0.549. The van der Waals surface area contributed by atoms with E-state index >= 15 is 0 Å². The monoisotopic (exact) mass is 696 g/mol. The number of pyridine rings is 3. The zero-order valence-electron chi connectivity index (χ0n) is 28.9. The van der Waals surface area contributed by atoms with Crippen molar-refractivity contribution in [3.05, 3.63) is 99.0 Å². The highest BCUT2D eigenvalue weighted by Gasteiger charge is 2.33. The molecule has 2 fully saturated rings. The van der Waals surface area contributed by atoms with Crippen LogP contribution in [0, 0.1) is 5.41 Å². The molecule has 0 aromatic carbocycles. The smallest absolute Gasteiger partial charge is 0.279 e. The molecule has 2 N–H and O–H groups in total. The highest BCUT2D eigenvalue weighted by Crippen LogP contribution is 2.37. The van der Waals surface area contributed by atoms with Crippen molar-refractivity contribution >= 4 is 36.2 Å². The maximum atomic E-state index is 13.8. The molecule has 50 heavy (non-hydrogen) atoms. The van der Waals surface area contributed by atoms with E-state index in [-0.39, 0.29) is 36.6 Å². The van der Waals surface area contributed by atoms with E-state index in [9.17, 15) is 14.7 Å². The Morgan fingerprint density at radius 2 is 1.86 bits per heavy atom. The topological polar surface area (TPSA) is 122 Å². The Hall–Kier alpha value is -4.43. The van der Waals surface area contributed by atoms with Crippen LogP contribution >= 0.6 is 13.5 Å². The van der Waals surface area contributed by atoms with Crippen LogP contribution in [0.5, 0.6) is 0 Å². The lowest BCUT2D eigenvalue weighted by Crippen LogP contribution is -2.59. The molecule has 12 nitrogen and oxygen atoms in total. The number of nitrogens with zero attached hydrogens (tertiary/aromatic N) is 7. The molecule has 8 rings (SSSR count). The molecule has 0 spiro atoms. The molecule has 0 amide bonds. The van der Waals surface area contributed by atoms with Crippen LogP contribution in [0.4, 0.5) is 17.2 Å². The van der Waals surface area contributed by atoms with Crippen molar-refractivity contribution in [3.8, 4) is 16.8 Å². The van der Waals surface area contributed by atoms with Crippen LogP contribution in [0.15, 0.2) is 71.0 Å². The average Bonchev–Trinajstić information content (AvgIpc) is 3.55. The van der Waals surface area contributed by atoms with Crippen LogP contribution in [0.25, 0.3) is 22.3 Å². The Morgan fingerprint density at radius 1 is 1.04 bits per heavy atom. The van der Waals surface area contributed by atoms with Gasteiger partial charge in [0.25, 0.3) is 11.1 Å². The number of anilines is 3. The summed E-state index contributed by atoms with van der Waals surface area (Å²) in [6.07, 6.45) is 12.3. The molecule has 5 aromatic heterocycles. The number of fused-ring (bicyclic) bond motifs is 3. The largest absolute Gasteiger partial charge is 0.392 e. The van der Waals surface area contributed by atoms with Crippen LogP contribution in [0.3, 0.4) is 0 Å². The van der Waals surface area contributed by atoms with E-state index in [1.165, 1.54) is 15.8 Å². The second kappa shape index (κ2) is 13.0. The normalized spacial score (nSPS) is 18.9. The van der Waals surface area contributed by atoms with Crippen molar-refractivity contribution in [3.63, 3.8) is 0 Å². The minimum absolute atomic E-state index is 0. The summed E-state index contributed by atoms with van der Waals surface area (Å²) >= 11 is 0. The summed E-state index contributed by atoms with van der Waals surface area (Å²) in [5, 5.41) is 13.9. The Morgan fingerprint density at radius 3 is 2.56 bits per heavy atom. The predicted octanol–water partition coefficient (Wildman–Crippen LogP) is 3.63. The molecule has 13 heteroatoms. The zero-order chi connectivity index (χ0) is 34.0. The Labute approximate surface area is 297 Å². The van der Waals surface area contributed by atoms with Gasteiger partial charge < -0.3 is 29.0 Å². The number of aryl methyl sites for hydroxylation is 1. The van der Waals surface area contributed by atoms with Crippen LogP contribution < -0.4 is 21.3 Å². The van der Waals surface area contributed by atoms with Crippen molar-refractivity contribution in [2.75, 3.05) is 43.1 Å². The molecule has 2 aliphatic heterocycles. The summed E-state index contributed by atoms with van der Waals surface area (Å²) in [4.78, 5) is 41.1. The summed E-state index contributed by atoms with van der Waals surface area (Å²) < 4.78 is 10.4. The number of rotatable bonds is 7. The lowest BCUT2D eigenvalue weighted by molar-refractivity contribution is -0.0691. The van der Waals surface area contributed by atoms with E-state index in [1.807, 2.05) is 35.0 Å². The number of piperazine rings is 1. The summed E-state index contributed by atoms with van der Waals surface area (Å²) in [5.41, 5.74) is 6.46. The molecule has 1 aliphatic carbocycles. The van der Waals surface area contributed by atoms with Gasteiger partial charge in [-0.1, -0.05) is 13.8 Å². The molecule has 7 heterocycles. The van der Waals surface area contributed by atoms with Gasteiger partial charge in [-0.3, -0.25) is 24.0 Å². The van der Waals surface area contributed by atoms with Crippen molar-refractivity contribution in [1.82, 2.24) is 28.4 Å². The minimum Gasteiger partial charge on any atom is -0.392 e. The second-order valence-electron chi connectivity index (χ2n) is 14.5. The molecule has 1 atom stereocenters. The van der Waals surface area contributed by atoms with Crippen molar-refractivity contribution in [2.45, 2.75) is 52.3 Å².